The predicted octanol–water partition coefficient (Wildman–Crippen LogP) is 4.42. The van der Waals surface area contributed by atoms with Crippen molar-refractivity contribution in [2.45, 2.75) is 31.8 Å². The number of nitro benzene ring substituents is 1. The first-order valence-corrected chi connectivity index (χ1v) is 10.2. The third-order valence-corrected chi connectivity index (χ3v) is 6.51. The van der Waals surface area contributed by atoms with Gasteiger partial charge in [0.2, 0.25) is 10.0 Å². The molecule has 0 N–H and O–H groups in total. The Hall–Kier alpha value is -2.16. The van der Waals surface area contributed by atoms with Crippen molar-refractivity contribution in [3.63, 3.8) is 0 Å². The van der Waals surface area contributed by atoms with Gasteiger partial charge in [0.25, 0.3) is 0 Å². The van der Waals surface area contributed by atoms with E-state index < -0.39 is 26.7 Å². The lowest BCUT2D eigenvalue weighted by Crippen LogP contribution is -2.30. The van der Waals surface area contributed by atoms with Gasteiger partial charge in [-0.2, -0.15) is 4.31 Å². The van der Waals surface area contributed by atoms with Crippen molar-refractivity contribution in [1.82, 2.24) is 4.31 Å². The largest absolute Gasteiger partial charge is 0.479 e. The van der Waals surface area contributed by atoms with Gasteiger partial charge in [0.1, 0.15) is 6.10 Å². The number of rotatable bonds is 8. The SMILES string of the molecule is CCN(CC)S(=O)(=O)c1ccc(O[C@@H](C)c2ccccc2Cl)c([N+](=O)[O-])c1. The molecule has 1 atom stereocenters. The topological polar surface area (TPSA) is 89.8 Å². The normalized spacial score (nSPS) is 12.8. The molecule has 0 radical (unpaired) electrons. The molecular formula is C18H21ClN2O5S. The highest BCUT2D eigenvalue weighted by molar-refractivity contribution is 7.89. The summed E-state index contributed by atoms with van der Waals surface area (Å²) in [5.74, 6) is -0.0223. The molecule has 7 nitrogen and oxygen atoms in total. The van der Waals surface area contributed by atoms with E-state index in [-0.39, 0.29) is 23.7 Å². The van der Waals surface area contributed by atoms with Crippen molar-refractivity contribution in [3.05, 3.63) is 63.2 Å². The summed E-state index contributed by atoms with van der Waals surface area (Å²) in [5.41, 5.74) is 0.260. The Bertz CT molecular complexity index is 929. The number of sulfonamides is 1. The van der Waals surface area contributed by atoms with Gasteiger partial charge < -0.3 is 4.74 Å². The van der Waals surface area contributed by atoms with E-state index in [2.05, 4.69) is 0 Å². The minimum absolute atomic E-state index is 0.0223. The second-order valence-corrected chi connectivity index (χ2v) is 8.10. The van der Waals surface area contributed by atoms with Crippen molar-refractivity contribution in [2.75, 3.05) is 13.1 Å². The van der Waals surface area contributed by atoms with E-state index in [4.69, 9.17) is 16.3 Å². The molecule has 0 saturated heterocycles. The molecule has 0 aliphatic carbocycles. The summed E-state index contributed by atoms with van der Waals surface area (Å²) in [5, 5.41) is 12.0. The number of hydrogen-bond donors (Lipinski definition) is 0. The second kappa shape index (κ2) is 8.69. The van der Waals surface area contributed by atoms with Crippen LogP contribution in [0.2, 0.25) is 5.02 Å². The lowest BCUT2D eigenvalue weighted by Gasteiger charge is -2.19. The minimum atomic E-state index is -3.81. The van der Waals surface area contributed by atoms with Crippen LogP contribution >= 0.6 is 11.6 Å². The Morgan fingerprint density at radius 1 is 1.19 bits per heavy atom. The van der Waals surface area contributed by atoms with E-state index in [1.165, 1.54) is 16.4 Å². The summed E-state index contributed by atoms with van der Waals surface area (Å²) in [4.78, 5) is 10.7. The van der Waals surface area contributed by atoms with Gasteiger partial charge in [-0.05, 0) is 25.1 Å². The van der Waals surface area contributed by atoms with Crippen molar-refractivity contribution in [2.24, 2.45) is 0 Å². The van der Waals surface area contributed by atoms with Gasteiger partial charge in [0.05, 0.1) is 9.82 Å². The highest BCUT2D eigenvalue weighted by atomic mass is 35.5. The van der Waals surface area contributed by atoms with Crippen LogP contribution in [0.5, 0.6) is 5.75 Å². The molecule has 2 aromatic rings. The zero-order valence-electron chi connectivity index (χ0n) is 15.3. The lowest BCUT2D eigenvalue weighted by molar-refractivity contribution is -0.386. The number of nitro groups is 1. The lowest BCUT2D eigenvalue weighted by atomic mass is 10.1. The summed E-state index contributed by atoms with van der Waals surface area (Å²) in [6, 6.07) is 10.7. The molecule has 0 bridgehead atoms. The van der Waals surface area contributed by atoms with Gasteiger partial charge in [-0.1, -0.05) is 43.6 Å². The number of benzene rings is 2. The monoisotopic (exact) mass is 412 g/mol. The average molecular weight is 413 g/mol. The third-order valence-electron chi connectivity index (χ3n) is 4.12. The Balaban J connectivity index is 2.42. The summed E-state index contributed by atoms with van der Waals surface area (Å²) < 4.78 is 32.2. The molecule has 0 spiro atoms. The zero-order valence-corrected chi connectivity index (χ0v) is 16.8. The highest BCUT2D eigenvalue weighted by Gasteiger charge is 2.27. The van der Waals surface area contributed by atoms with E-state index in [1.807, 2.05) is 0 Å². The molecule has 0 amide bonds. The standard InChI is InChI=1S/C18H21ClN2O5S/c1-4-20(5-2)27(24,25)14-10-11-18(17(12-14)21(22)23)26-13(3)15-8-6-7-9-16(15)19/h6-13H,4-5H2,1-3H3/t13-/m0/s1. The molecule has 2 aromatic carbocycles. The van der Waals surface area contributed by atoms with Crippen LogP contribution in [0.25, 0.3) is 0 Å². The highest BCUT2D eigenvalue weighted by Crippen LogP contribution is 2.35. The molecule has 146 valence electrons. The average Bonchev–Trinajstić information content (AvgIpc) is 2.62. The Labute approximate surface area is 163 Å². The fourth-order valence-electron chi connectivity index (χ4n) is 2.67. The summed E-state index contributed by atoms with van der Waals surface area (Å²) >= 11 is 6.14. The Morgan fingerprint density at radius 3 is 2.37 bits per heavy atom. The van der Waals surface area contributed by atoms with Gasteiger partial charge in [0, 0.05) is 29.7 Å². The van der Waals surface area contributed by atoms with E-state index in [9.17, 15) is 18.5 Å². The van der Waals surface area contributed by atoms with E-state index in [0.717, 1.165) is 6.07 Å². The fraction of sp³-hybridized carbons (Fsp3) is 0.333. The molecule has 0 aliphatic heterocycles. The van der Waals surface area contributed by atoms with Gasteiger partial charge in [-0.15, -0.1) is 0 Å². The maximum absolute atomic E-state index is 12.6. The number of ether oxygens (including phenoxy) is 1. The summed E-state index contributed by atoms with van der Waals surface area (Å²) in [7, 11) is -3.81. The maximum atomic E-state index is 12.6. The van der Waals surface area contributed by atoms with E-state index >= 15 is 0 Å². The molecule has 0 aliphatic rings. The van der Waals surface area contributed by atoms with Crippen LogP contribution in [-0.2, 0) is 10.0 Å². The van der Waals surface area contributed by atoms with Crippen LogP contribution in [-0.4, -0.2) is 30.7 Å². The number of halogens is 1. The smallest absolute Gasteiger partial charge is 0.312 e. The first-order chi connectivity index (χ1) is 12.7. The zero-order chi connectivity index (χ0) is 20.2. The van der Waals surface area contributed by atoms with Gasteiger partial charge >= 0.3 is 5.69 Å². The maximum Gasteiger partial charge on any atom is 0.312 e. The Morgan fingerprint density at radius 2 is 1.81 bits per heavy atom. The third kappa shape index (κ3) is 4.58. The molecule has 0 fully saturated rings. The van der Waals surface area contributed by atoms with Crippen molar-refractivity contribution in [1.29, 1.82) is 0 Å². The number of nitrogens with zero attached hydrogens (tertiary/aromatic N) is 2. The van der Waals surface area contributed by atoms with Crippen LogP contribution in [0.15, 0.2) is 47.4 Å². The van der Waals surface area contributed by atoms with Crippen LogP contribution in [0.4, 0.5) is 5.69 Å². The van der Waals surface area contributed by atoms with Crippen molar-refractivity contribution < 1.29 is 18.1 Å². The Kier molecular flexibility index (Phi) is 6.80. The van der Waals surface area contributed by atoms with Crippen molar-refractivity contribution >= 4 is 27.3 Å². The molecule has 9 heteroatoms. The van der Waals surface area contributed by atoms with Gasteiger partial charge in [-0.25, -0.2) is 8.42 Å². The van der Waals surface area contributed by atoms with Crippen LogP contribution in [0.3, 0.4) is 0 Å². The molecule has 0 heterocycles. The summed E-state index contributed by atoms with van der Waals surface area (Å²) in [6.07, 6.45) is -0.553. The van der Waals surface area contributed by atoms with Gasteiger partial charge in [-0.3, -0.25) is 10.1 Å². The first kappa shape index (κ1) is 21.1. The van der Waals surface area contributed by atoms with Crippen LogP contribution < -0.4 is 4.74 Å². The van der Waals surface area contributed by atoms with E-state index in [1.54, 1.807) is 45.0 Å². The molecule has 0 saturated carbocycles. The summed E-state index contributed by atoms with van der Waals surface area (Å²) in [6.45, 7) is 5.67. The van der Waals surface area contributed by atoms with Crippen LogP contribution in [0, 0.1) is 10.1 Å². The molecular weight excluding hydrogens is 392 g/mol. The molecule has 0 unspecified atom stereocenters. The quantitative estimate of drug-likeness (QED) is 0.473. The minimum Gasteiger partial charge on any atom is -0.479 e. The van der Waals surface area contributed by atoms with Crippen molar-refractivity contribution in [3.8, 4) is 5.75 Å². The molecule has 27 heavy (non-hydrogen) atoms. The fourth-order valence-corrected chi connectivity index (χ4v) is 4.44. The predicted molar refractivity (Wildman–Crippen MR) is 104 cm³/mol. The van der Waals surface area contributed by atoms with Gasteiger partial charge in [0.15, 0.2) is 5.75 Å². The van der Waals surface area contributed by atoms with E-state index in [0.29, 0.717) is 10.6 Å². The first-order valence-electron chi connectivity index (χ1n) is 8.42. The second-order valence-electron chi connectivity index (χ2n) is 5.76. The molecule has 0 aromatic heterocycles. The van der Waals surface area contributed by atoms with Crippen LogP contribution in [0.1, 0.15) is 32.4 Å². The molecule has 2 rings (SSSR count). The number of hydrogen-bond acceptors (Lipinski definition) is 5.